The maximum absolute atomic E-state index is 11.8. The average Bonchev–Trinajstić information content (AvgIpc) is 3.15. The van der Waals surface area contributed by atoms with Crippen molar-refractivity contribution in [3.8, 4) is 0 Å². The molecule has 0 aliphatic carbocycles. The highest BCUT2D eigenvalue weighted by Gasteiger charge is 2.28. The van der Waals surface area contributed by atoms with E-state index in [0.29, 0.717) is 13.0 Å². The molecule has 1 unspecified atom stereocenters. The molecule has 8 heteroatoms. The minimum Gasteiger partial charge on any atom is -0.357 e. The lowest BCUT2D eigenvalue weighted by Crippen LogP contribution is -2.42. The summed E-state index contributed by atoms with van der Waals surface area (Å²) < 4.78 is 22.7. The standard InChI is InChI=1S/C15H22N4O3S/c20-15(18-13-5-8-23(21,22)11-13)17-10-12-3-4-14(16-9-12)19-6-1-2-7-19/h3-4,9,13H,1-2,5-8,10-11H2,(H2,17,18,20). The smallest absolute Gasteiger partial charge is 0.315 e. The fourth-order valence-electron chi connectivity index (χ4n) is 2.98. The van der Waals surface area contributed by atoms with Gasteiger partial charge in [-0.15, -0.1) is 0 Å². The van der Waals surface area contributed by atoms with Crippen molar-refractivity contribution < 1.29 is 13.2 Å². The van der Waals surface area contributed by atoms with Crippen LogP contribution in [-0.2, 0) is 16.4 Å². The first-order valence-electron chi connectivity index (χ1n) is 7.96. The molecular formula is C15H22N4O3S. The molecule has 126 valence electrons. The number of rotatable bonds is 4. The summed E-state index contributed by atoms with van der Waals surface area (Å²) in [6, 6.07) is 3.32. The van der Waals surface area contributed by atoms with Crippen molar-refractivity contribution in [1.82, 2.24) is 15.6 Å². The SMILES string of the molecule is O=C(NCc1ccc(N2CCCC2)nc1)NC1CCS(=O)(=O)C1. The lowest BCUT2D eigenvalue weighted by molar-refractivity contribution is 0.237. The van der Waals surface area contributed by atoms with Crippen molar-refractivity contribution >= 4 is 21.7 Å². The van der Waals surface area contributed by atoms with E-state index in [2.05, 4.69) is 20.5 Å². The molecule has 7 nitrogen and oxygen atoms in total. The van der Waals surface area contributed by atoms with Crippen LogP contribution in [0.1, 0.15) is 24.8 Å². The Kier molecular flexibility index (Phi) is 4.70. The van der Waals surface area contributed by atoms with Crippen molar-refractivity contribution in [3.63, 3.8) is 0 Å². The predicted octanol–water partition coefficient (Wildman–Crippen LogP) is 0.668. The van der Waals surface area contributed by atoms with Crippen molar-refractivity contribution in [2.45, 2.75) is 31.8 Å². The number of nitrogens with zero attached hydrogens (tertiary/aromatic N) is 2. The predicted molar refractivity (Wildman–Crippen MR) is 88.1 cm³/mol. The molecule has 1 aromatic heterocycles. The van der Waals surface area contributed by atoms with Gasteiger partial charge >= 0.3 is 6.03 Å². The Balaban J connectivity index is 1.45. The first-order valence-corrected chi connectivity index (χ1v) is 9.79. The molecule has 2 fully saturated rings. The molecule has 0 radical (unpaired) electrons. The number of hydrogen-bond donors (Lipinski definition) is 2. The Bertz CT molecular complexity index is 654. The summed E-state index contributed by atoms with van der Waals surface area (Å²) in [5.74, 6) is 1.17. The van der Waals surface area contributed by atoms with Gasteiger partial charge in [0.1, 0.15) is 5.82 Å². The molecule has 1 aromatic rings. The van der Waals surface area contributed by atoms with Gasteiger partial charge in [0.2, 0.25) is 0 Å². The van der Waals surface area contributed by atoms with Crippen LogP contribution in [0.15, 0.2) is 18.3 Å². The summed E-state index contributed by atoms with van der Waals surface area (Å²) in [4.78, 5) is 18.5. The number of carbonyl (C=O) groups is 1. The summed E-state index contributed by atoms with van der Waals surface area (Å²) >= 11 is 0. The Labute approximate surface area is 136 Å². The minimum absolute atomic E-state index is 0.0342. The van der Waals surface area contributed by atoms with E-state index in [9.17, 15) is 13.2 Å². The largest absolute Gasteiger partial charge is 0.357 e. The molecule has 0 bridgehead atoms. The van der Waals surface area contributed by atoms with Crippen molar-refractivity contribution in [2.24, 2.45) is 0 Å². The molecule has 2 saturated heterocycles. The van der Waals surface area contributed by atoms with Gasteiger partial charge < -0.3 is 15.5 Å². The second-order valence-corrected chi connectivity index (χ2v) is 8.37. The lowest BCUT2D eigenvalue weighted by atomic mass is 10.2. The summed E-state index contributed by atoms with van der Waals surface area (Å²) in [5, 5.41) is 5.45. The number of sulfone groups is 1. The highest BCUT2D eigenvalue weighted by molar-refractivity contribution is 7.91. The third-order valence-electron chi connectivity index (χ3n) is 4.26. The molecule has 2 amide bonds. The topological polar surface area (TPSA) is 91.4 Å². The molecule has 1 atom stereocenters. The number of pyridine rings is 1. The number of aromatic nitrogens is 1. The van der Waals surface area contributed by atoms with Crippen LogP contribution in [-0.4, -0.2) is 50.1 Å². The van der Waals surface area contributed by atoms with E-state index in [1.54, 1.807) is 6.20 Å². The third kappa shape index (κ3) is 4.34. The van der Waals surface area contributed by atoms with Crippen LogP contribution >= 0.6 is 0 Å². The van der Waals surface area contributed by atoms with Crippen molar-refractivity contribution in [1.29, 1.82) is 0 Å². The van der Waals surface area contributed by atoms with E-state index in [1.807, 2.05) is 12.1 Å². The highest BCUT2D eigenvalue weighted by Crippen LogP contribution is 2.17. The molecule has 2 aliphatic heterocycles. The maximum Gasteiger partial charge on any atom is 0.315 e. The first kappa shape index (κ1) is 16.0. The number of nitrogens with one attached hydrogen (secondary N) is 2. The third-order valence-corrected chi connectivity index (χ3v) is 6.03. The van der Waals surface area contributed by atoms with Gasteiger partial charge in [-0.2, -0.15) is 0 Å². The number of carbonyl (C=O) groups excluding carboxylic acids is 1. The summed E-state index contributed by atoms with van der Waals surface area (Å²) in [5.41, 5.74) is 0.919. The average molecular weight is 338 g/mol. The van der Waals surface area contributed by atoms with E-state index in [4.69, 9.17) is 0 Å². The van der Waals surface area contributed by atoms with Gasteiger partial charge in [-0.05, 0) is 30.9 Å². The second-order valence-electron chi connectivity index (χ2n) is 6.15. The molecule has 3 heterocycles. The van der Waals surface area contributed by atoms with E-state index in [1.165, 1.54) is 12.8 Å². The number of amides is 2. The van der Waals surface area contributed by atoms with Gasteiger partial charge in [-0.3, -0.25) is 0 Å². The van der Waals surface area contributed by atoms with Gasteiger partial charge in [0, 0.05) is 31.9 Å². The fourth-order valence-corrected chi connectivity index (χ4v) is 4.66. The lowest BCUT2D eigenvalue weighted by Gasteiger charge is -2.16. The van der Waals surface area contributed by atoms with Crippen LogP contribution in [0.5, 0.6) is 0 Å². The van der Waals surface area contributed by atoms with Gasteiger partial charge in [0.25, 0.3) is 0 Å². The molecule has 23 heavy (non-hydrogen) atoms. The fraction of sp³-hybridized carbons (Fsp3) is 0.600. The Morgan fingerprint density at radius 1 is 1.30 bits per heavy atom. The zero-order valence-corrected chi connectivity index (χ0v) is 13.8. The van der Waals surface area contributed by atoms with Crippen LogP contribution in [0.2, 0.25) is 0 Å². The van der Waals surface area contributed by atoms with Crippen LogP contribution in [0, 0.1) is 0 Å². The van der Waals surface area contributed by atoms with Crippen LogP contribution in [0.25, 0.3) is 0 Å². The summed E-state index contributed by atoms with van der Waals surface area (Å²) in [7, 11) is -2.98. The minimum atomic E-state index is -2.98. The maximum atomic E-state index is 11.8. The van der Waals surface area contributed by atoms with Crippen molar-refractivity contribution in [2.75, 3.05) is 29.5 Å². The molecule has 2 N–H and O–H groups in total. The normalized spacial score (nSPS) is 23.0. The molecule has 0 spiro atoms. The molecule has 0 saturated carbocycles. The number of anilines is 1. The van der Waals surface area contributed by atoms with Gasteiger partial charge in [-0.25, -0.2) is 18.2 Å². The van der Waals surface area contributed by atoms with Crippen LogP contribution < -0.4 is 15.5 Å². The highest BCUT2D eigenvalue weighted by atomic mass is 32.2. The van der Waals surface area contributed by atoms with Gasteiger partial charge in [0.05, 0.1) is 11.5 Å². The molecule has 0 aromatic carbocycles. The first-order chi connectivity index (χ1) is 11.0. The van der Waals surface area contributed by atoms with Crippen LogP contribution in [0.3, 0.4) is 0 Å². The quantitative estimate of drug-likeness (QED) is 0.842. The summed E-state index contributed by atoms with van der Waals surface area (Å²) in [6.45, 7) is 2.48. The molecular weight excluding hydrogens is 316 g/mol. The number of urea groups is 1. The monoisotopic (exact) mass is 338 g/mol. The Morgan fingerprint density at radius 2 is 2.09 bits per heavy atom. The number of hydrogen-bond acceptors (Lipinski definition) is 5. The van der Waals surface area contributed by atoms with E-state index < -0.39 is 9.84 Å². The Morgan fingerprint density at radius 3 is 2.70 bits per heavy atom. The van der Waals surface area contributed by atoms with Crippen molar-refractivity contribution in [3.05, 3.63) is 23.9 Å². The zero-order chi connectivity index (χ0) is 16.3. The zero-order valence-electron chi connectivity index (χ0n) is 13.0. The van der Waals surface area contributed by atoms with E-state index in [-0.39, 0.29) is 23.6 Å². The second kappa shape index (κ2) is 6.74. The summed E-state index contributed by atoms with van der Waals surface area (Å²) in [6.07, 6.45) is 4.68. The van der Waals surface area contributed by atoms with Gasteiger partial charge in [-0.1, -0.05) is 6.07 Å². The molecule has 2 aliphatic rings. The van der Waals surface area contributed by atoms with Gasteiger partial charge in [0.15, 0.2) is 9.84 Å². The van der Waals surface area contributed by atoms with E-state index in [0.717, 1.165) is 24.5 Å². The Hall–Kier alpha value is -1.83. The van der Waals surface area contributed by atoms with E-state index >= 15 is 0 Å². The van der Waals surface area contributed by atoms with Crippen LogP contribution in [0.4, 0.5) is 10.6 Å². The molecule has 3 rings (SSSR count).